The Morgan fingerprint density at radius 1 is 1.77 bits per heavy atom. The Morgan fingerprint density at radius 3 is 3.15 bits per heavy atom. The van der Waals surface area contributed by atoms with Gasteiger partial charge in [-0.1, -0.05) is 0 Å². The van der Waals surface area contributed by atoms with Gasteiger partial charge in [0.05, 0.1) is 6.61 Å². The van der Waals surface area contributed by atoms with Crippen LogP contribution in [0.2, 0.25) is 0 Å². The molecule has 0 aromatic carbocycles. The van der Waals surface area contributed by atoms with Gasteiger partial charge in [0, 0.05) is 19.6 Å². The molecule has 1 unspecified atom stereocenters. The molecule has 1 N–H and O–H groups in total. The fourth-order valence-electron chi connectivity index (χ4n) is 1.22. The number of carbonyl (C=O) groups excluding carboxylic acids is 1. The van der Waals surface area contributed by atoms with E-state index in [0.717, 1.165) is 6.54 Å². The van der Waals surface area contributed by atoms with Crippen molar-refractivity contribution in [1.82, 2.24) is 10.2 Å². The van der Waals surface area contributed by atoms with Gasteiger partial charge in [-0.25, -0.2) is 4.39 Å². The van der Waals surface area contributed by atoms with Gasteiger partial charge in [-0.05, 0) is 7.05 Å². The number of carbonyl (C=O) groups is 1. The number of nitrogens with zero attached hydrogens (tertiary/aromatic N) is 1. The van der Waals surface area contributed by atoms with Crippen molar-refractivity contribution in [3.63, 3.8) is 0 Å². The Hall–Kier alpha value is -0.680. The smallest absolute Gasteiger partial charge is 0.250 e. The molecule has 0 bridgehead atoms. The summed E-state index contributed by atoms with van der Waals surface area (Å²) in [6.07, 6.45) is -0.440. The number of likely N-dealkylation sites (N-methyl/N-ethyl adjacent to an activating group) is 1. The number of nitrogens with one attached hydrogen (secondary N) is 1. The molecule has 0 radical (unpaired) electrons. The zero-order valence-corrected chi connectivity index (χ0v) is 7.75. The molecule has 0 aromatic heterocycles. The third-order valence-corrected chi connectivity index (χ3v) is 1.96. The van der Waals surface area contributed by atoms with Crippen LogP contribution >= 0.6 is 0 Å². The predicted molar refractivity (Wildman–Crippen MR) is 46.2 cm³/mol. The Balaban J connectivity index is 2.28. The number of amides is 1. The molecule has 1 rings (SSSR count). The number of hydrogen-bond donors (Lipinski definition) is 1. The fraction of sp³-hybridized carbons (Fsp3) is 0.875. The van der Waals surface area contributed by atoms with Gasteiger partial charge in [0.2, 0.25) is 0 Å². The van der Waals surface area contributed by atoms with Crippen LogP contribution in [0.5, 0.6) is 0 Å². The van der Waals surface area contributed by atoms with Gasteiger partial charge in [0.15, 0.2) is 0 Å². The third kappa shape index (κ3) is 3.28. The van der Waals surface area contributed by atoms with E-state index in [-0.39, 0.29) is 12.5 Å². The van der Waals surface area contributed by atoms with E-state index >= 15 is 0 Å². The van der Waals surface area contributed by atoms with Gasteiger partial charge in [-0.2, -0.15) is 0 Å². The number of ether oxygens (including phenoxy) is 1. The first kappa shape index (κ1) is 10.4. The normalized spacial score (nSPS) is 24.3. The van der Waals surface area contributed by atoms with E-state index in [1.54, 1.807) is 0 Å². The van der Waals surface area contributed by atoms with Crippen molar-refractivity contribution in [3.8, 4) is 0 Å². The summed E-state index contributed by atoms with van der Waals surface area (Å²) < 4.78 is 17.0. The first-order valence-corrected chi connectivity index (χ1v) is 4.38. The number of alkyl halides is 1. The second-order valence-electron chi connectivity index (χ2n) is 3.10. The van der Waals surface area contributed by atoms with Crippen LogP contribution in [0.3, 0.4) is 0 Å². The number of halogens is 1. The van der Waals surface area contributed by atoms with Gasteiger partial charge < -0.3 is 15.0 Å². The topological polar surface area (TPSA) is 41.6 Å². The highest BCUT2D eigenvalue weighted by Crippen LogP contribution is 2.02. The molecule has 76 valence electrons. The number of morpholine rings is 1. The van der Waals surface area contributed by atoms with Gasteiger partial charge in [0.25, 0.3) is 5.91 Å². The summed E-state index contributed by atoms with van der Waals surface area (Å²) in [5.74, 6) is -0.218. The lowest BCUT2D eigenvalue weighted by Gasteiger charge is -2.28. The zero-order valence-electron chi connectivity index (χ0n) is 7.75. The molecule has 13 heavy (non-hydrogen) atoms. The lowest BCUT2D eigenvalue weighted by molar-refractivity contribution is -0.137. The summed E-state index contributed by atoms with van der Waals surface area (Å²) in [7, 11) is 1.93. The van der Waals surface area contributed by atoms with Crippen molar-refractivity contribution < 1.29 is 13.9 Å². The summed E-state index contributed by atoms with van der Waals surface area (Å²) >= 11 is 0. The van der Waals surface area contributed by atoms with Crippen molar-refractivity contribution in [2.75, 3.05) is 40.0 Å². The van der Waals surface area contributed by atoms with Crippen molar-refractivity contribution in [3.05, 3.63) is 0 Å². The fourth-order valence-corrected chi connectivity index (χ4v) is 1.22. The Labute approximate surface area is 77.0 Å². The van der Waals surface area contributed by atoms with E-state index in [1.165, 1.54) is 0 Å². The number of hydrogen-bond acceptors (Lipinski definition) is 3. The summed E-state index contributed by atoms with van der Waals surface area (Å²) in [4.78, 5) is 13.3. The molecule has 0 saturated carbocycles. The second kappa shape index (κ2) is 5.14. The van der Waals surface area contributed by atoms with Crippen LogP contribution < -0.4 is 5.32 Å². The average molecular weight is 190 g/mol. The summed E-state index contributed by atoms with van der Waals surface area (Å²) in [5, 5.41) is 2.46. The van der Waals surface area contributed by atoms with Gasteiger partial charge in [-0.15, -0.1) is 0 Å². The Morgan fingerprint density at radius 2 is 2.54 bits per heavy atom. The molecule has 1 heterocycles. The van der Waals surface area contributed by atoms with Crippen molar-refractivity contribution in [2.45, 2.75) is 6.10 Å². The minimum atomic E-state index is -0.533. The minimum Gasteiger partial charge on any atom is -0.366 e. The maximum Gasteiger partial charge on any atom is 0.250 e. The quantitative estimate of drug-likeness (QED) is 0.646. The highest BCUT2D eigenvalue weighted by molar-refractivity contribution is 5.81. The lowest BCUT2D eigenvalue weighted by atomic mass is 10.2. The molecule has 0 aromatic rings. The largest absolute Gasteiger partial charge is 0.366 e. The average Bonchev–Trinajstić information content (AvgIpc) is 2.14. The van der Waals surface area contributed by atoms with Crippen molar-refractivity contribution >= 4 is 5.91 Å². The van der Waals surface area contributed by atoms with E-state index in [1.807, 2.05) is 11.9 Å². The van der Waals surface area contributed by atoms with Crippen LogP contribution in [-0.2, 0) is 9.53 Å². The predicted octanol–water partition coefficient (Wildman–Crippen LogP) is -0.597. The van der Waals surface area contributed by atoms with E-state index in [4.69, 9.17) is 4.74 Å². The minimum absolute atomic E-state index is 0.0718. The van der Waals surface area contributed by atoms with Crippen molar-refractivity contribution in [2.24, 2.45) is 0 Å². The van der Waals surface area contributed by atoms with E-state index in [2.05, 4.69) is 5.32 Å². The molecule has 0 spiro atoms. The first-order chi connectivity index (χ1) is 6.24. The Bertz CT molecular complexity index is 178. The zero-order chi connectivity index (χ0) is 9.68. The van der Waals surface area contributed by atoms with Crippen LogP contribution in [-0.4, -0.2) is 56.9 Å². The molecule has 1 atom stereocenters. The first-order valence-electron chi connectivity index (χ1n) is 4.38. The molecular formula is C8H15FN2O2. The molecule has 4 nitrogen and oxygen atoms in total. The SMILES string of the molecule is CN1CCOC(C(=O)NCCF)C1. The number of rotatable bonds is 3. The standard InChI is InChI=1S/C8H15FN2O2/c1-11-4-5-13-7(6-11)8(12)10-3-2-9/h7H,2-6H2,1H3,(H,10,12). The molecule has 1 amide bonds. The molecule has 0 aliphatic carbocycles. The van der Waals surface area contributed by atoms with Gasteiger partial charge in [0.1, 0.15) is 12.8 Å². The molecule has 1 fully saturated rings. The summed E-state index contributed by atoms with van der Waals surface area (Å²) in [6.45, 7) is 1.52. The van der Waals surface area contributed by atoms with Gasteiger partial charge in [-0.3, -0.25) is 4.79 Å². The molecule has 1 aliphatic rings. The third-order valence-electron chi connectivity index (χ3n) is 1.96. The highest BCUT2D eigenvalue weighted by atomic mass is 19.1. The molecule has 5 heteroatoms. The maximum absolute atomic E-state index is 11.7. The van der Waals surface area contributed by atoms with Crippen LogP contribution in [0.25, 0.3) is 0 Å². The van der Waals surface area contributed by atoms with Crippen LogP contribution in [0, 0.1) is 0 Å². The van der Waals surface area contributed by atoms with Crippen LogP contribution in [0.4, 0.5) is 4.39 Å². The molecular weight excluding hydrogens is 175 g/mol. The maximum atomic E-state index is 11.7. The Kier molecular flexibility index (Phi) is 4.11. The van der Waals surface area contributed by atoms with Gasteiger partial charge >= 0.3 is 0 Å². The summed E-state index contributed by atoms with van der Waals surface area (Å²) in [5.41, 5.74) is 0. The summed E-state index contributed by atoms with van der Waals surface area (Å²) in [6, 6.07) is 0. The highest BCUT2D eigenvalue weighted by Gasteiger charge is 2.24. The molecule has 1 saturated heterocycles. The van der Waals surface area contributed by atoms with Crippen LogP contribution in [0.15, 0.2) is 0 Å². The van der Waals surface area contributed by atoms with E-state index in [0.29, 0.717) is 13.2 Å². The van der Waals surface area contributed by atoms with E-state index < -0.39 is 12.8 Å². The second-order valence-corrected chi connectivity index (χ2v) is 3.10. The van der Waals surface area contributed by atoms with Crippen LogP contribution in [0.1, 0.15) is 0 Å². The lowest BCUT2D eigenvalue weighted by Crippen LogP contribution is -2.48. The van der Waals surface area contributed by atoms with Crippen molar-refractivity contribution in [1.29, 1.82) is 0 Å². The van der Waals surface area contributed by atoms with E-state index in [9.17, 15) is 9.18 Å². The molecule has 1 aliphatic heterocycles. The monoisotopic (exact) mass is 190 g/mol.